The van der Waals surface area contributed by atoms with E-state index in [2.05, 4.69) is 15.0 Å². The zero-order valence-corrected chi connectivity index (χ0v) is 16.8. The van der Waals surface area contributed by atoms with Gasteiger partial charge in [0.1, 0.15) is 5.52 Å². The quantitative estimate of drug-likeness (QED) is 0.441. The lowest BCUT2D eigenvalue weighted by atomic mass is 10.2. The summed E-state index contributed by atoms with van der Waals surface area (Å²) in [5, 5.41) is 10.6. The number of rotatable bonds is 4. The predicted molar refractivity (Wildman–Crippen MR) is 112 cm³/mol. The number of imidazole rings is 1. The highest BCUT2D eigenvalue weighted by atomic mass is 35.5. The fraction of sp³-hybridized carbons (Fsp3) is 0.0526. The number of methoxy groups -OCH3 is 1. The molecule has 2 heterocycles. The van der Waals surface area contributed by atoms with Gasteiger partial charge in [-0.05, 0) is 36.4 Å². The fourth-order valence-electron chi connectivity index (χ4n) is 2.98. The maximum Gasteiger partial charge on any atom is 0.332 e. The summed E-state index contributed by atoms with van der Waals surface area (Å²) in [5.41, 5.74) is 5.65. The zero-order valence-electron chi connectivity index (χ0n) is 15.3. The molecule has 0 aliphatic heterocycles. The van der Waals surface area contributed by atoms with E-state index in [1.54, 1.807) is 12.1 Å². The first-order chi connectivity index (χ1) is 14.3. The Balaban J connectivity index is 2.03. The third-order valence-electron chi connectivity index (χ3n) is 4.37. The first-order valence-electron chi connectivity index (χ1n) is 8.45. The molecule has 0 unspecified atom stereocenters. The normalized spacial score (nSPS) is 11.0. The van der Waals surface area contributed by atoms with Gasteiger partial charge < -0.3 is 20.6 Å². The van der Waals surface area contributed by atoms with Crippen molar-refractivity contribution >= 4 is 40.3 Å². The molecule has 4 rings (SSSR count). The second-order valence-corrected chi connectivity index (χ2v) is 7.02. The second kappa shape index (κ2) is 7.36. The zero-order chi connectivity index (χ0) is 21.6. The van der Waals surface area contributed by atoms with Gasteiger partial charge in [-0.3, -0.25) is 4.79 Å². The number of primary amides is 1. The van der Waals surface area contributed by atoms with Crippen LogP contribution in [0.2, 0.25) is 10.0 Å². The van der Waals surface area contributed by atoms with Crippen LogP contribution in [0.3, 0.4) is 0 Å². The summed E-state index contributed by atoms with van der Waals surface area (Å²) in [5.74, 6) is -0.675. The summed E-state index contributed by atoms with van der Waals surface area (Å²) in [4.78, 5) is 35.8. The minimum absolute atomic E-state index is 0.0695. The van der Waals surface area contributed by atoms with E-state index in [0.717, 1.165) is 0 Å². The summed E-state index contributed by atoms with van der Waals surface area (Å²) in [6.45, 7) is 0. The van der Waals surface area contributed by atoms with Crippen LogP contribution in [-0.4, -0.2) is 37.6 Å². The first kappa shape index (κ1) is 19.7. The highest BCUT2D eigenvalue weighted by molar-refractivity contribution is 6.42. The van der Waals surface area contributed by atoms with Crippen molar-refractivity contribution < 1.29 is 14.6 Å². The minimum atomic E-state index is -0.857. The Morgan fingerprint density at radius 3 is 2.57 bits per heavy atom. The van der Waals surface area contributed by atoms with Crippen molar-refractivity contribution in [3.63, 3.8) is 0 Å². The number of hydrogen-bond acceptors (Lipinski definition) is 6. The van der Waals surface area contributed by atoms with Crippen LogP contribution in [0, 0.1) is 0 Å². The van der Waals surface area contributed by atoms with Crippen molar-refractivity contribution in [2.24, 2.45) is 5.73 Å². The number of phenols is 1. The van der Waals surface area contributed by atoms with Crippen molar-refractivity contribution in [2.75, 3.05) is 7.11 Å². The van der Waals surface area contributed by atoms with Crippen molar-refractivity contribution in [1.82, 2.24) is 19.5 Å². The molecule has 9 nitrogen and oxygen atoms in total. The maximum absolute atomic E-state index is 12.7. The molecule has 2 aromatic carbocycles. The molecule has 0 fully saturated rings. The molecule has 152 valence electrons. The highest BCUT2D eigenvalue weighted by Gasteiger charge is 2.21. The van der Waals surface area contributed by atoms with Crippen LogP contribution in [0.15, 0.2) is 41.2 Å². The van der Waals surface area contributed by atoms with Gasteiger partial charge in [-0.15, -0.1) is 0 Å². The van der Waals surface area contributed by atoms with Crippen molar-refractivity contribution in [2.45, 2.75) is 0 Å². The van der Waals surface area contributed by atoms with Crippen LogP contribution < -0.4 is 16.2 Å². The third kappa shape index (κ3) is 3.23. The molecule has 0 radical (unpaired) electrons. The Morgan fingerprint density at radius 2 is 1.93 bits per heavy atom. The van der Waals surface area contributed by atoms with E-state index in [1.807, 2.05) is 0 Å². The number of phenolic OH excluding ortho intramolecular Hbond substituents is 1. The number of hydrogen-bond donors (Lipinski definition) is 3. The number of carbonyl (C=O) groups is 1. The van der Waals surface area contributed by atoms with Crippen LogP contribution in [-0.2, 0) is 0 Å². The van der Waals surface area contributed by atoms with Gasteiger partial charge in [0.2, 0.25) is 0 Å². The number of nitrogens with one attached hydrogen (secondary N) is 1. The molecule has 0 saturated heterocycles. The van der Waals surface area contributed by atoms with Crippen LogP contribution in [0.4, 0.5) is 0 Å². The minimum Gasteiger partial charge on any atom is -0.504 e. The van der Waals surface area contributed by atoms with E-state index in [-0.39, 0.29) is 39.2 Å². The molecule has 0 spiro atoms. The van der Waals surface area contributed by atoms with Crippen LogP contribution in [0.5, 0.6) is 11.5 Å². The summed E-state index contributed by atoms with van der Waals surface area (Å²) in [7, 11) is 1.41. The molecule has 11 heteroatoms. The number of nitrogens with zero attached hydrogens (tertiary/aromatic N) is 3. The van der Waals surface area contributed by atoms with Gasteiger partial charge in [0.05, 0.1) is 22.8 Å². The average molecular weight is 446 g/mol. The van der Waals surface area contributed by atoms with E-state index in [1.165, 1.54) is 35.9 Å². The maximum atomic E-state index is 12.7. The number of H-pyrrole nitrogens is 1. The topological polar surface area (TPSA) is 136 Å². The van der Waals surface area contributed by atoms with Crippen LogP contribution in [0.1, 0.15) is 10.5 Å². The molecule has 0 saturated carbocycles. The van der Waals surface area contributed by atoms with Crippen molar-refractivity contribution in [3.05, 3.63) is 62.6 Å². The lowest BCUT2D eigenvalue weighted by Gasteiger charge is -2.08. The number of aromatic hydroxyl groups is 1. The number of halogens is 2. The number of amides is 1. The number of nitrogens with two attached hydrogens (primary N) is 1. The number of fused-ring (bicyclic) bond motifs is 1. The molecule has 1 amide bonds. The number of aromatic nitrogens is 4. The molecule has 4 N–H and O–H groups in total. The Bertz CT molecular complexity index is 1380. The summed E-state index contributed by atoms with van der Waals surface area (Å²) >= 11 is 12.0. The number of ether oxygens (including phenoxy) is 1. The van der Waals surface area contributed by atoms with Gasteiger partial charge in [0, 0.05) is 5.56 Å². The largest absolute Gasteiger partial charge is 0.504 e. The Morgan fingerprint density at radius 1 is 1.17 bits per heavy atom. The van der Waals surface area contributed by atoms with Gasteiger partial charge >= 0.3 is 5.69 Å². The predicted octanol–water partition coefficient (Wildman–Crippen LogP) is 2.90. The summed E-state index contributed by atoms with van der Waals surface area (Å²) in [6, 6.07) is 9.09. The van der Waals surface area contributed by atoms with E-state index in [4.69, 9.17) is 33.7 Å². The van der Waals surface area contributed by atoms with E-state index >= 15 is 0 Å². The molecule has 0 aliphatic rings. The Labute approximate surface area is 178 Å². The molecule has 0 aliphatic carbocycles. The Kier molecular flexibility index (Phi) is 4.84. The number of carbonyl (C=O) groups excluding carboxylic acids is 1. The lowest BCUT2D eigenvalue weighted by molar-refractivity contribution is 0.0997. The third-order valence-corrected chi connectivity index (χ3v) is 5.11. The molecule has 30 heavy (non-hydrogen) atoms. The van der Waals surface area contributed by atoms with Crippen LogP contribution >= 0.6 is 23.2 Å². The number of aromatic amines is 1. The van der Waals surface area contributed by atoms with Gasteiger partial charge in [-0.1, -0.05) is 23.2 Å². The molecule has 2 aromatic heterocycles. The van der Waals surface area contributed by atoms with Gasteiger partial charge in [0.15, 0.2) is 28.7 Å². The molecule has 0 bridgehead atoms. The van der Waals surface area contributed by atoms with E-state index in [9.17, 15) is 14.7 Å². The lowest BCUT2D eigenvalue weighted by Crippen LogP contribution is -2.15. The summed E-state index contributed by atoms with van der Waals surface area (Å²) < 4.78 is 6.25. The van der Waals surface area contributed by atoms with Crippen molar-refractivity contribution in [1.29, 1.82) is 0 Å². The number of benzene rings is 2. The first-order valence-corrected chi connectivity index (χ1v) is 9.21. The Hall–Kier alpha value is -3.56. The van der Waals surface area contributed by atoms with E-state index in [0.29, 0.717) is 16.3 Å². The SMILES string of the molecule is COc1ccc(-c2nc(C(N)=O)c3[nH]c(=O)n(-c4ccc(Cl)c(Cl)c4)c3n2)cc1O. The molecule has 0 atom stereocenters. The van der Waals surface area contributed by atoms with Gasteiger partial charge in [0.25, 0.3) is 5.91 Å². The molecular formula is C19H13Cl2N5O4. The van der Waals surface area contributed by atoms with Gasteiger partial charge in [-0.25, -0.2) is 19.3 Å². The monoisotopic (exact) mass is 445 g/mol. The summed E-state index contributed by atoms with van der Waals surface area (Å²) in [6.07, 6.45) is 0. The van der Waals surface area contributed by atoms with E-state index < -0.39 is 11.6 Å². The van der Waals surface area contributed by atoms with Gasteiger partial charge in [-0.2, -0.15) is 0 Å². The van der Waals surface area contributed by atoms with Crippen LogP contribution in [0.25, 0.3) is 28.2 Å². The fourth-order valence-corrected chi connectivity index (χ4v) is 3.28. The molecule has 4 aromatic rings. The standard InChI is InChI=1S/C19H13Cl2N5O4/c1-30-13-5-2-8(6-12(13)27)17-23-14(16(22)28)15-18(25-17)26(19(29)24-15)9-3-4-10(20)11(21)7-9/h2-7,27H,1H3,(H2,22,28)(H,24,29). The highest BCUT2D eigenvalue weighted by Crippen LogP contribution is 2.31. The molecular weight excluding hydrogens is 433 g/mol. The average Bonchev–Trinajstić information content (AvgIpc) is 3.04. The van der Waals surface area contributed by atoms with Crippen molar-refractivity contribution in [3.8, 4) is 28.6 Å². The smallest absolute Gasteiger partial charge is 0.332 e. The second-order valence-electron chi connectivity index (χ2n) is 6.21.